The number of anilines is 1. The fourth-order valence-corrected chi connectivity index (χ4v) is 3.68. The van der Waals surface area contributed by atoms with Crippen LogP contribution in [0, 0.1) is 0 Å². The van der Waals surface area contributed by atoms with Gasteiger partial charge in [0.05, 0.1) is 27.0 Å². The second kappa shape index (κ2) is 9.42. The zero-order valence-corrected chi connectivity index (χ0v) is 18.7. The number of benzene rings is 3. The Labute approximate surface area is 194 Å². The molecule has 0 spiro atoms. The minimum absolute atomic E-state index is 0.248. The maximum Gasteiger partial charge on any atom is 0.322 e. The molecule has 1 aromatic heterocycles. The molecule has 4 aromatic rings. The summed E-state index contributed by atoms with van der Waals surface area (Å²) in [7, 11) is 0. The number of nitrogens with one attached hydrogen (secondary N) is 2. The number of carbonyl (C=O) groups is 1. The third-order valence-electron chi connectivity index (χ3n) is 5.12. The largest absolute Gasteiger partial charge is 0.322 e. The number of nitrogens with zero attached hydrogens (tertiary/aromatic N) is 2. The van der Waals surface area contributed by atoms with Crippen LogP contribution >= 0.6 is 23.2 Å². The first-order valence-electron chi connectivity index (χ1n) is 9.98. The summed E-state index contributed by atoms with van der Waals surface area (Å²) >= 11 is 12.1. The molecule has 1 atom stereocenters. The molecule has 0 saturated carbocycles. The van der Waals surface area contributed by atoms with Crippen LogP contribution in [0.3, 0.4) is 0 Å². The van der Waals surface area contributed by atoms with Gasteiger partial charge in [-0.15, -0.1) is 0 Å². The van der Waals surface area contributed by atoms with Crippen molar-refractivity contribution in [3.8, 4) is 0 Å². The fraction of sp³-hybridized carbons (Fsp3) is 0.125. The van der Waals surface area contributed by atoms with Crippen LogP contribution in [0.5, 0.6) is 0 Å². The summed E-state index contributed by atoms with van der Waals surface area (Å²) in [5.41, 5.74) is 1.77. The molecule has 0 fully saturated rings. The Bertz CT molecular complexity index is 1320. The van der Waals surface area contributed by atoms with Crippen LogP contribution < -0.4 is 10.9 Å². The van der Waals surface area contributed by atoms with Crippen LogP contribution in [0.25, 0.3) is 10.9 Å². The Kier molecular flexibility index (Phi) is 6.44. The molecule has 162 valence electrons. The molecule has 2 amide bonds. The molecule has 3 aromatic carbocycles. The monoisotopic (exact) mass is 466 g/mol. The predicted molar refractivity (Wildman–Crippen MR) is 128 cm³/mol. The van der Waals surface area contributed by atoms with E-state index < -0.39 is 6.04 Å². The molecule has 4 rings (SSSR count). The number of fused-ring (bicyclic) bond motifs is 1. The van der Waals surface area contributed by atoms with E-state index in [0.717, 1.165) is 5.56 Å². The maximum absolute atomic E-state index is 13.3. The van der Waals surface area contributed by atoms with Gasteiger partial charge < -0.3 is 15.2 Å². The Morgan fingerprint density at radius 1 is 1.03 bits per heavy atom. The van der Waals surface area contributed by atoms with E-state index in [4.69, 9.17) is 23.2 Å². The Hall–Kier alpha value is -3.35. The Balaban J connectivity index is 1.69. The number of amides is 2. The lowest BCUT2D eigenvalue weighted by Gasteiger charge is -2.29. The highest BCUT2D eigenvalue weighted by molar-refractivity contribution is 6.42. The minimum atomic E-state index is -0.518. The summed E-state index contributed by atoms with van der Waals surface area (Å²) in [6.07, 6.45) is 0. The van der Waals surface area contributed by atoms with Gasteiger partial charge in [0.2, 0.25) is 0 Å². The van der Waals surface area contributed by atoms with Crippen molar-refractivity contribution in [3.63, 3.8) is 0 Å². The second-order valence-corrected chi connectivity index (χ2v) is 8.13. The van der Waals surface area contributed by atoms with Gasteiger partial charge in [-0.1, -0.05) is 65.7 Å². The fourth-order valence-electron chi connectivity index (χ4n) is 3.38. The van der Waals surface area contributed by atoms with Crippen LogP contribution in [0.1, 0.15) is 24.4 Å². The lowest BCUT2D eigenvalue weighted by atomic mass is 10.1. The average molecular weight is 467 g/mol. The van der Waals surface area contributed by atoms with Crippen molar-refractivity contribution in [2.24, 2.45) is 0 Å². The molecule has 1 unspecified atom stereocenters. The van der Waals surface area contributed by atoms with Crippen molar-refractivity contribution in [2.75, 3.05) is 5.32 Å². The molecule has 0 aliphatic rings. The minimum Gasteiger partial charge on any atom is -0.310 e. The van der Waals surface area contributed by atoms with Crippen LogP contribution in [0.2, 0.25) is 10.0 Å². The highest BCUT2D eigenvalue weighted by Crippen LogP contribution is 2.26. The summed E-state index contributed by atoms with van der Waals surface area (Å²) in [6, 6.07) is 20.7. The number of hydrogen-bond donors (Lipinski definition) is 2. The number of aromatic amines is 1. The molecule has 6 nitrogen and oxygen atoms in total. The molecule has 2 N–H and O–H groups in total. The number of halogens is 2. The van der Waals surface area contributed by atoms with Crippen LogP contribution in [0.4, 0.5) is 10.5 Å². The maximum atomic E-state index is 13.3. The molecule has 32 heavy (non-hydrogen) atoms. The van der Waals surface area contributed by atoms with E-state index in [1.807, 2.05) is 43.3 Å². The third kappa shape index (κ3) is 4.77. The standard InChI is InChI=1S/C24H20Cl2N4O2/c1-15(22-28-21-10-6-5-9-18(21)23(31)29-22)30(14-16-7-3-2-4-8-16)24(32)27-17-11-12-19(25)20(26)13-17/h2-13,15H,14H2,1H3,(H,27,32)(H,28,29,31). The van der Waals surface area contributed by atoms with E-state index in [1.165, 1.54) is 0 Å². The normalized spacial score (nSPS) is 11.8. The van der Waals surface area contributed by atoms with E-state index in [1.54, 1.807) is 41.3 Å². The molecule has 0 saturated heterocycles. The zero-order valence-electron chi connectivity index (χ0n) is 17.2. The van der Waals surface area contributed by atoms with Gasteiger partial charge >= 0.3 is 6.03 Å². The second-order valence-electron chi connectivity index (χ2n) is 7.32. The first-order valence-corrected chi connectivity index (χ1v) is 10.7. The van der Waals surface area contributed by atoms with Crippen LogP contribution in [-0.2, 0) is 6.54 Å². The number of H-pyrrole nitrogens is 1. The number of urea groups is 1. The van der Waals surface area contributed by atoms with E-state index in [-0.39, 0.29) is 11.6 Å². The Morgan fingerprint density at radius 2 is 1.75 bits per heavy atom. The quantitative estimate of drug-likeness (QED) is 0.377. The summed E-state index contributed by atoms with van der Waals surface area (Å²) in [4.78, 5) is 34.9. The number of para-hydroxylation sites is 1. The van der Waals surface area contributed by atoms with Crippen molar-refractivity contribution in [1.29, 1.82) is 0 Å². The smallest absolute Gasteiger partial charge is 0.310 e. The number of aromatic nitrogens is 2. The van der Waals surface area contributed by atoms with Gasteiger partial charge in [-0.3, -0.25) is 4.79 Å². The summed E-state index contributed by atoms with van der Waals surface area (Å²) in [6.45, 7) is 2.14. The van der Waals surface area contributed by atoms with Gasteiger partial charge in [-0.2, -0.15) is 0 Å². The SMILES string of the molecule is CC(c1nc2ccccc2c(=O)[nH]1)N(Cc1ccccc1)C(=O)Nc1ccc(Cl)c(Cl)c1. The average Bonchev–Trinajstić information content (AvgIpc) is 2.80. The molecule has 0 bridgehead atoms. The third-order valence-corrected chi connectivity index (χ3v) is 5.86. The van der Waals surface area contributed by atoms with E-state index >= 15 is 0 Å². The van der Waals surface area contributed by atoms with E-state index in [2.05, 4.69) is 15.3 Å². The molecule has 0 aliphatic carbocycles. The molecule has 0 aliphatic heterocycles. The number of carbonyl (C=O) groups excluding carboxylic acids is 1. The van der Waals surface area contributed by atoms with Gasteiger partial charge in [-0.25, -0.2) is 9.78 Å². The lowest BCUT2D eigenvalue weighted by molar-refractivity contribution is 0.186. The summed E-state index contributed by atoms with van der Waals surface area (Å²) in [5, 5.41) is 4.10. The van der Waals surface area contributed by atoms with Crippen LogP contribution in [0.15, 0.2) is 77.6 Å². The Morgan fingerprint density at radius 3 is 2.50 bits per heavy atom. The summed E-state index contributed by atoms with van der Waals surface area (Å²) < 4.78 is 0. The number of hydrogen-bond acceptors (Lipinski definition) is 3. The van der Waals surface area contributed by atoms with Gasteiger partial charge in [-0.05, 0) is 42.8 Å². The molecular formula is C24H20Cl2N4O2. The van der Waals surface area contributed by atoms with Gasteiger partial charge in [0.1, 0.15) is 5.82 Å². The summed E-state index contributed by atoms with van der Waals surface area (Å²) in [5.74, 6) is 0.397. The lowest BCUT2D eigenvalue weighted by Crippen LogP contribution is -2.38. The van der Waals surface area contributed by atoms with Crippen molar-refractivity contribution in [2.45, 2.75) is 19.5 Å². The topological polar surface area (TPSA) is 78.1 Å². The highest BCUT2D eigenvalue weighted by atomic mass is 35.5. The van der Waals surface area contributed by atoms with E-state index in [0.29, 0.717) is 39.0 Å². The van der Waals surface area contributed by atoms with Crippen molar-refractivity contribution in [1.82, 2.24) is 14.9 Å². The van der Waals surface area contributed by atoms with Gasteiger partial charge in [0.25, 0.3) is 5.56 Å². The molecule has 1 heterocycles. The van der Waals surface area contributed by atoms with Gasteiger partial charge in [0, 0.05) is 12.2 Å². The molecule has 0 radical (unpaired) electrons. The van der Waals surface area contributed by atoms with Crippen LogP contribution in [-0.4, -0.2) is 20.9 Å². The number of rotatable bonds is 5. The van der Waals surface area contributed by atoms with Crippen molar-refractivity contribution in [3.05, 3.63) is 105 Å². The van der Waals surface area contributed by atoms with Gasteiger partial charge in [0.15, 0.2) is 0 Å². The van der Waals surface area contributed by atoms with E-state index in [9.17, 15) is 9.59 Å². The zero-order chi connectivity index (χ0) is 22.7. The first-order chi connectivity index (χ1) is 15.4. The molecule has 8 heteroatoms. The van der Waals surface area contributed by atoms with Crippen molar-refractivity contribution >= 4 is 45.8 Å². The van der Waals surface area contributed by atoms with Crippen molar-refractivity contribution < 1.29 is 4.79 Å². The first kappa shape index (κ1) is 21.9. The predicted octanol–water partition coefficient (Wildman–Crippen LogP) is 6.03. The highest BCUT2D eigenvalue weighted by Gasteiger charge is 2.24. The molecular weight excluding hydrogens is 447 g/mol.